The van der Waals surface area contributed by atoms with Gasteiger partial charge in [-0.3, -0.25) is 4.98 Å². The highest BCUT2D eigenvalue weighted by Crippen LogP contribution is 2.32. The van der Waals surface area contributed by atoms with E-state index in [1.807, 2.05) is 36.4 Å². The third-order valence-corrected chi connectivity index (χ3v) is 4.44. The molecular weight excluding hydrogens is 396 g/mol. The molecule has 9 heteroatoms. The first-order valence-electron chi connectivity index (χ1n) is 9.41. The number of urea groups is 1. The van der Waals surface area contributed by atoms with Crippen LogP contribution in [0.25, 0.3) is 10.8 Å². The molecule has 2 heterocycles. The number of nitrogens with two attached hydrogens (primary N) is 1. The first kappa shape index (κ1) is 19.9. The normalized spacial score (nSPS) is 10.5. The first-order chi connectivity index (χ1) is 15.1. The number of pyridine rings is 1. The van der Waals surface area contributed by atoms with E-state index < -0.39 is 6.03 Å². The van der Waals surface area contributed by atoms with Gasteiger partial charge in [0, 0.05) is 17.0 Å². The number of rotatable bonds is 7. The summed E-state index contributed by atoms with van der Waals surface area (Å²) in [5.41, 5.74) is 6.81. The van der Waals surface area contributed by atoms with Gasteiger partial charge in [0.2, 0.25) is 5.88 Å². The van der Waals surface area contributed by atoms with Gasteiger partial charge in [0.1, 0.15) is 18.2 Å². The molecule has 9 nitrogen and oxygen atoms in total. The van der Waals surface area contributed by atoms with Crippen molar-refractivity contribution in [3.8, 4) is 11.6 Å². The van der Waals surface area contributed by atoms with Gasteiger partial charge in [-0.15, -0.1) is 0 Å². The summed E-state index contributed by atoms with van der Waals surface area (Å²) < 4.78 is 11.1. The van der Waals surface area contributed by atoms with E-state index in [0.717, 1.165) is 16.3 Å². The Bertz CT molecular complexity index is 1230. The van der Waals surface area contributed by atoms with Crippen molar-refractivity contribution in [2.75, 3.05) is 17.7 Å². The fraction of sp³-hybridized carbons (Fsp3) is 0.0909. The summed E-state index contributed by atoms with van der Waals surface area (Å²) in [6.07, 6.45) is 4.80. The van der Waals surface area contributed by atoms with Crippen molar-refractivity contribution >= 4 is 34.1 Å². The number of anilines is 3. The molecule has 0 fully saturated rings. The van der Waals surface area contributed by atoms with Crippen molar-refractivity contribution in [1.82, 2.24) is 15.0 Å². The number of methoxy groups -OCH3 is 1. The Kier molecular flexibility index (Phi) is 5.75. The van der Waals surface area contributed by atoms with Gasteiger partial charge in [-0.25, -0.2) is 9.78 Å². The zero-order valence-corrected chi connectivity index (χ0v) is 16.7. The molecule has 0 aliphatic heterocycles. The molecule has 4 N–H and O–H groups in total. The zero-order valence-electron chi connectivity index (χ0n) is 16.7. The number of carbonyl (C=O) groups excluding carboxylic acids is 1. The number of nitrogens with zero attached hydrogens (tertiary/aromatic N) is 3. The maximum atomic E-state index is 11.3. The molecule has 4 rings (SSSR count). The van der Waals surface area contributed by atoms with Crippen LogP contribution in [0, 0.1) is 0 Å². The van der Waals surface area contributed by atoms with E-state index in [2.05, 4.69) is 25.6 Å². The van der Waals surface area contributed by atoms with E-state index in [0.29, 0.717) is 35.6 Å². The molecule has 0 spiro atoms. The number of amides is 2. The molecule has 31 heavy (non-hydrogen) atoms. The zero-order chi connectivity index (χ0) is 21.6. The Morgan fingerprint density at radius 1 is 1.06 bits per heavy atom. The molecule has 4 aromatic rings. The third-order valence-electron chi connectivity index (χ3n) is 4.44. The number of primary amides is 1. The Labute approximate surface area is 178 Å². The van der Waals surface area contributed by atoms with E-state index >= 15 is 0 Å². The smallest absolute Gasteiger partial charge is 0.316 e. The van der Waals surface area contributed by atoms with Gasteiger partial charge in [-0.1, -0.05) is 24.3 Å². The summed E-state index contributed by atoms with van der Waals surface area (Å²) in [5, 5.41) is 7.44. The number of carbonyl (C=O) groups is 1. The Morgan fingerprint density at radius 2 is 1.90 bits per heavy atom. The van der Waals surface area contributed by atoms with Crippen molar-refractivity contribution < 1.29 is 14.3 Å². The molecule has 2 amide bonds. The molecule has 2 aromatic carbocycles. The molecule has 2 aromatic heterocycles. The highest BCUT2D eigenvalue weighted by atomic mass is 16.5. The van der Waals surface area contributed by atoms with Gasteiger partial charge in [0.15, 0.2) is 5.82 Å². The van der Waals surface area contributed by atoms with Crippen LogP contribution < -0.4 is 25.8 Å². The second-order valence-corrected chi connectivity index (χ2v) is 6.56. The van der Waals surface area contributed by atoms with Crippen LogP contribution in [0.5, 0.6) is 11.6 Å². The average molecular weight is 416 g/mol. The first-order valence-corrected chi connectivity index (χ1v) is 9.41. The summed E-state index contributed by atoms with van der Waals surface area (Å²) in [6, 6.07) is 14.3. The van der Waals surface area contributed by atoms with E-state index in [1.54, 1.807) is 24.5 Å². The molecule has 0 saturated heterocycles. The number of hydrogen-bond donors (Lipinski definition) is 3. The molecule has 0 saturated carbocycles. The van der Waals surface area contributed by atoms with Gasteiger partial charge in [-0.2, -0.15) is 4.98 Å². The van der Waals surface area contributed by atoms with Gasteiger partial charge in [-0.05, 0) is 29.8 Å². The molecule has 156 valence electrons. The highest BCUT2D eigenvalue weighted by molar-refractivity contribution is 6.03. The molecule has 0 atom stereocenters. The number of fused-ring (bicyclic) bond motifs is 1. The number of benzene rings is 2. The lowest BCUT2D eigenvalue weighted by Crippen LogP contribution is -2.19. The highest BCUT2D eigenvalue weighted by Gasteiger charge is 2.09. The van der Waals surface area contributed by atoms with Gasteiger partial charge < -0.3 is 25.8 Å². The topological polar surface area (TPSA) is 124 Å². The quantitative estimate of drug-likeness (QED) is 0.418. The van der Waals surface area contributed by atoms with Crippen LogP contribution in [0.2, 0.25) is 0 Å². The fourth-order valence-corrected chi connectivity index (χ4v) is 3.07. The number of ether oxygens (including phenoxy) is 2. The maximum absolute atomic E-state index is 11.3. The number of aromatic nitrogens is 3. The fourth-order valence-electron chi connectivity index (χ4n) is 3.07. The van der Waals surface area contributed by atoms with Crippen LogP contribution in [-0.4, -0.2) is 28.1 Å². The van der Waals surface area contributed by atoms with Crippen molar-refractivity contribution in [2.24, 2.45) is 5.73 Å². The third kappa shape index (κ3) is 4.78. The van der Waals surface area contributed by atoms with Crippen molar-refractivity contribution in [2.45, 2.75) is 6.61 Å². The minimum absolute atomic E-state index is 0.327. The molecule has 0 aliphatic rings. The molecule has 0 aliphatic carbocycles. The SMILES string of the molecule is COc1cncc(Nc2cc(COc3ccc(NC(N)=O)c4ccccc34)ccn2)n1. The van der Waals surface area contributed by atoms with Crippen LogP contribution in [0.15, 0.2) is 67.1 Å². The van der Waals surface area contributed by atoms with Crippen molar-refractivity contribution in [3.05, 3.63) is 72.7 Å². The number of hydrogen-bond acceptors (Lipinski definition) is 7. The monoisotopic (exact) mass is 416 g/mol. The lowest BCUT2D eigenvalue weighted by molar-refractivity contribution is 0.259. The van der Waals surface area contributed by atoms with Gasteiger partial charge in [0.05, 0.1) is 25.2 Å². The lowest BCUT2D eigenvalue weighted by atomic mass is 10.1. The van der Waals surface area contributed by atoms with E-state index in [1.165, 1.54) is 13.3 Å². The molecule has 0 unspecified atom stereocenters. The Hall–Kier alpha value is -4.40. The Morgan fingerprint density at radius 3 is 2.71 bits per heavy atom. The molecule has 0 radical (unpaired) electrons. The predicted octanol–water partition coefficient (Wildman–Crippen LogP) is 3.85. The lowest BCUT2D eigenvalue weighted by Gasteiger charge is -2.13. The number of nitrogens with one attached hydrogen (secondary N) is 2. The van der Waals surface area contributed by atoms with Crippen LogP contribution in [0.1, 0.15) is 5.56 Å². The average Bonchev–Trinajstić information content (AvgIpc) is 2.79. The van der Waals surface area contributed by atoms with Crippen LogP contribution >= 0.6 is 0 Å². The van der Waals surface area contributed by atoms with E-state index in [9.17, 15) is 4.79 Å². The minimum Gasteiger partial charge on any atom is -0.488 e. The van der Waals surface area contributed by atoms with Crippen molar-refractivity contribution in [1.29, 1.82) is 0 Å². The van der Waals surface area contributed by atoms with Crippen LogP contribution in [0.4, 0.5) is 22.1 Å². The van der Waals surface area contributed by atoms with Gasteiger partial charge >= 0.3 is 6.03 Å². The second-order valence-electron chi connectivity index (χ2n) is 6.56. The van der Waals surface area contributed by atoms with Crippen LogP contribution in [-0.2, 0) is 6.61 Å². The summed E-state index contributed by atoms with van der Waals surface area (Å²) in [7, 11) is 1.53. The summed E-state index contributed by atoms with van der Waals surface area (Å²) in [5.74, 6) is 2.23. The summed E-state index contributed by atoms with van der Waals surface area (Å²) >= 11 is 0. The Balaban J connectivity index is 1.51. The minimum atomic E-state index is -0.614. The van der Waals surface area contributed by atoms with Crippen LogP contribution in [0.3, 0.4) is 0 Å². The van der Waals surface area contributed by atoms with E-state index in [-0.39, 0.29) is 0 Å². The molecule has 0 bridgehead atoms. The summed E-state index contributed by atoms with van der Waals surface area (Å²) in [6.45, 7) is 0.327. The van der Waals surface area contributed by atoms with Crippen molar-refractivity contribution in [3.63, 3.8) is 0 Å². The second kappa shape index (κ2) is 8.95. The predicted molar refractivity (Wildman–Crippen MR) is 118 cm³/mol. The van der Waals surface area contributed by atoms with Gasteiger partial charge in [0.25, 0.3) is 0 Å². The standard InChI is InChI=1S/C22H20N6O3/c1-30-21-12-24-11-20(28-21)27-19-10-14(8-9-25-19)13-31-18-7-6-17(26-22(23)29)15-4-2-3-5-16(15)18/h2-12H,13H2,1H3,(H3,23,26,29)(H,25,27,28). The van der Waals surface area contributed by atoms with E-state index in [4.69, 9.17) is 15.2 Å². The molecular formula is C22H20N6O3. The maximum Gasteiger partial charge on any atom is 0.316 e. The largest absolute Gasteiger partial charge is 0.488 e. The summed E-state index contributed by atoms with van der Waals surface area (Å²) in [4.78, 5) is 23.9.